The average molecular weight is 256 g/mol. The minimum atomic E-state index is -1.23. The Morgan fingerprint density at radius 3 is 2.28 bits per heavy atom. The van der Waals surface area contributed by atoms with Gasteiger partial charge in [-0.1, -0.05) is 19.8 Å². The van der Waals surface area contributed by atoms with E-state index in [0.29, 0.717) is 6.42 Å². The molecule has 6 heteroatoms. The van der Waals surface area contributed by atoms with Gasteiger partial charge in [0.25, 0.3) is 0 Å². The summed E-state index contributed by atoms with van der Waals surface area (Å²) in [5.74, 6) is -2.23. The summed E-state index contributed by atoms with van der Waals surface area (Å²) in [4.78, 5) is 33.9. The first-order chi connectivity index (χ1) is 8.41. The van der Waals surface area contributed by atoms with Crippen LogP contribution in [-0.4, -0.2) is 28.9 Å². The van der Waals surface area contributed by atoms with E-state index in [-0.39, 0.29) is 12.3 Å². The summed E-state index contributed by atoms with van der Waals surface area (Å²) in [6, 6.07) is -1.22. The molecule has 18 heavy (non-hydrogen) atoms. The van der Waals surface area contributed by atoms with Crippen LogP contribution in [0, 0.1) is 5.41 Å². The second-order valence-electron chi connectivity index (χ2n) is 4.88. The van der Waals surface area contributed by atoms with Crippen molar-refractivity contribution in [1.29, 1.82) is 0 Å². The number of aliphatic carboxylic acids is 1. The van der Waals surface area contributed by atoms with Gasteiger partial charge in [-0.05, 0) is 19.3 Å². The van der Waals surface area contributed by atoms with Crippen molar-refractivity contribution in [2.45, 2.75) is 51.5 Å². The fraction of sp³-hybridized carbons (Fsp3) is 0.750. The van der Waals surface area contributed by atoms with Gasteiger partial charge in [-0.3, -0.25) is 9.59 Å². The van der Waals surface area contributed by atoms with Gasteiger partial charge in [0, 0.05) is 5.41 Å². The molecule has 102 valence electrons. The first-order valence-electron chi connectivity index (χ1n) is 6.23. The van der Waals surface area contributed by atoms with Crippen LogP contribution in [-0.2, 0) is 14.4 Å². The molecular formula is C12H20N2O4. The molecule has 1 rings (SSSR count). The summed E-state index contributed by atoms with van der Waals surface area (Å²) in [7, 11) is 0. The Labute approximate surface area is 106 Å². The zero-order chi connectivity index (χ0) is 13.8. The average Bonchev–Trinajstić information content (AvgIpc) is 2.77. The number of carbonyl (C=O) groups excluding carboxylic acids is 2. The Morgan fingerprint density at radius 2 is 1.89 bits per heavy atom. The van der Waals surface area contributed by atoms with Crippen molar-refractivity contribution < 1.29 is 19.5 Å². The topological polar surface area (TPSA) is 109 Å². The lowest BCUT2D eigenvalue weighted by molar-refractivity contribution is -0.145. The normalized spacial score (nSPS) is 19.2. The number of carbonyl (C=O) groups is 3. The maximum atomic E-state index is 12.2. The number of primary amides is 1. The fourth-order valence-electron chi connectivity index (χ4n) is 2.51. The first-order valence-corrected chi connectivity index (χ1v) is 6.23. The first kappa shape index (κ1) is 14.5. The SMILES string of the molecule is CCC1(C(=O)NC(CC(N)=O)C(=O)O)CCCC1. The lowest BCUT2D eigenvalue weighted by atomic mass is 9.82. The summed E-state index contributed by atoms with van der Waals surface area (Å²) in [5, 5.41) is 11.4. The van der Waals surface area contributed by atoms with Gasteiger partial charge in [0.15, 0.2) is 0 Å². The molecule has 0 aromatic carbocycles. The third kappa shape index (κ3) is 3.21. The van der Waals surface area contributed by atoms with Crippen LogP contribution in [0.25, 0.3) is 0 Å². The molecule has 0 aromatic heterocycles. The van der Waals surface area contributed by atoms with Crippen molar-refractivity contribution in [3.05, 3.63) is 0 Å². The Kier molecular flexibility index (Phi) is 4.69. The van der Waals surface area contributed by atoms with E-state index in [4.69, 9.17) is 10.8 Å². The Hall–Kier alpha value is -1.59. The second kappa shape index (κ2) is 5.84. The standard InChI is InChI=1S/C12H20N2O4/c1-2-12(5-3-4-6-12)11(18)14-8(10(16)17)7-9(13)15/h8H,2-7H2,1H3,(H2,13,15)(H,14,18)(H,16,17). The molecule has 0 saturated heterocycles. The maximum Gasteiger partial charge on any atom is 0.326 e. The van der Waals surface area contributed by atoms with Gasteiger partial charge in [0.1, 0.15) is 6.04 Å². The second-order valence-corrected chi connectivity index (χ2v) is 4.88. The number of nitrogens with one attached hydrogen (secondary N) is 1. The smallest absolute Gasteiger partial charge is 0.326 e. The van der Waals surface area contributed by atoms with Crippen molar-refractivity contribution in [3.63, 3.8) is 0 Å². The van der Waals surface area contributed by atoms with E-state index < -0.39 is 23.3 Å². The zero-order valence-corrected chi connectivity index (χ0v) is 10.6. The molecule has 0 aliphatic heterocycles. The van der Waals surface area contributed by atoms with E-state index in [1.54, 1.807) is 0 Å². The molecule has 1 aliphatic rings. The molecule has 1 saturated carbocycles. The lowest BCUT2D eigenvalue weighted by Gasteiger charge is -2.27. The Bertz CT molecular complexity index is 348. The number of amides is 2. The van der Waals surface area contributed by atoms with E-state index in [9.17, 15) is 14.4 Å². The van der Waals surface area contributed by atoms with Gasteiger partial charge in [0.05, 0.1) is 6.42 Å². The molecule has 4 N–H and O–H groups in total. The van der Waals surface area contributed by atoms with Crippen LogP contribution in [0.3, 0.4) is 0 Å². The number of carboxylic acids is 1. The van der Waals surface area contributed by atoms with Crippen LogP contribution in [0.15, 0.2) is 0 Å². The van der Waals surface area contributed by atoms with Crippen molar-refractivity contribution in [2.75, 3.05) is 0 Å². The predicted molar refractivity (Wildman–Crippen MR) is 64.6 cm³/mol. The van der Waals surface area contributed by atoms with E-state index in [1.165, 1.54) is 0 Å². The summed E-state index contributed by atoms with van der Waals surface area (Å²) in [6.07, 6.45) is 3.82. The van der Waals surface area contributed by atoms with Crippen LogP contribution in [0.2, 0.25) is 0 Å². The monoisotopic (exact) mass is 256 g/mol. The zero-order valence-electron chi connectivity index (χ0n) is 10.6. The lowest BCUT2D eigenvalue weighted by Crippen LogP contribution is -2.49. The van der Waals surface area contributed by atoms with Gasteiger partial charge in [-0.25, -0.2) is 4.79 Å². The van der Waals surface area contributed by atoms with Crippen molar-refractivity contribution in [3.8, 4) is 0 Å². The molecule has 1 unspecified atom stereocenters. The van der Waals surface area contributed by atoms with Crippen molar-refractivity contribution in [2.24, 2.45) is 11.1 Å². The van der Waals surface area contributed by atoms with E-state index >= 15 is 0 Å². The van der Waals surface area contributed by atoms with Gasteiger partial charge >= 0.3 is 5.97 Å². The number of carboxylic acid groups (broad SMARTS) is 1. The molecule has 6 nitrogen and oxygen atoms in total. The summed E-state index contributed by atoms with van der Waals surface area (Å²) in [6.45, 7) is 1.93. The highest BCUT2D eigenvalue weighted by molar-refractivity contribution is 5.90. The third-order valence-corrected chi connectivity index (χ3v) is 3.73. The molecule has 0 spiro atoms. The van der Waals surface area contributed by atoms with Crippen LogP contribution in [0.5, 0.6) is 0 Å². The minimum Gasteiger partial charge on any atom is -0.480 e. The summed E-state index contributed by atoms with van der Waals surface area (Å²) < 4.78 is 0. The van der Waals surface area contributed by atoms with Gasteiger partial charge < -0.3 is 16.2 Å². The highest BCUT2D eigenvalue weighted by Gasteiger charge is 2.40. The number of rotatable bonds is 6. The molecule has 0 aromatic rings. The maximum absolute atomic E-state index is 12.2. The van der Waals surface area contributed by atoms with Crippen LogP contribution in [0.1, 0.15) is 45.4 Å². The van der Waals surface area contributed by atoms with Crippen LogP contribution in [0.4, 0.5) is 0 Å². The quantitative estimate of drug-likeness (QED) is 0.639. The molecule has 1 fully saturated rings. The van der Waals surface area contributed by atoms with Crippen molar-refractivity contribution >= 4 is 17.8 Å². The van der Waals surface area contributed by atoms with Gasteiger partial charge in [-0.15, -0.1) is 0 Å². The van der Waals surface area contributed by atoms with Crippen LogP contribution >= 0.6 is 0 Å². The molecule has 0 bridgehead atoms. The summed E-state index contributed by atoms with van der Waals surface area (Å²) >= 11 is 0. The van der Waals surface area contributed by atoms with E-state index in [0.717, 1.165) is 25.7 Å². The molecule has 0 heterocycles. The predicted octanol–water partition coefficient (Wildman–Crippen LogP) is 0.402. The highest BCUT2D eigenvalue weighted by atomic mass is 16.4. The van der Waals surface area contributed by atoms with Crippen molar-refractivity contribution in [1.82, 2.24) is 5.32 Å². The van der Waals surface area contributed by atoms with Gasteiger partial charge in [-0.2, -0.15) is 0 Å². The third-order valence-electron chi connectivity index (χ3n) is 3.73. The molecule has 2 amide bonds. The highest BCUT2D eigenvalue weighted by Crippen LogP contribution is 2.41. The molecule has 0 radical (unpaired) electrons. The summed E-state index contributed by atoms with van der Waals surface area (Å²) in [5.41, 5.74) is 4.51. The Balaban J connectivity index is 2.71. The number of nitrogens with two attached hydrogens (primary N) is 1. The van der Waals surface area contributed by atoms with E-state index in [2.05, 4.69) is 5.32 Å². The fourth-order valence-corrected chi connectivity index (χ4v) is 2.51. The molecule has 1 atom stereocenters. The Morgan fingerprint density at radius 1 is 1.33 bits per heavy atom. The number of hydrogen-bond acceptors (Lipinski definition) is 3. The minimum absolute atomic E-state index is 0.267. The van der Waals surface area contributed by atoms with Crippen LogP contribution < -0.4 is 11.1 Å². The largest absolute Gasteiger partial charge is 0.480 e. The molecular weight excluding hydrogens is 236 g/mol. The molecule has 1 aliphatic carbocycles. The number of hydrogen-bond donors (Lipinski definition) is 3. The van der Waals surface area contributed by atoms with Gasteiger partial charge in [0.2, 0.25) is 11.8 Å². The van der Waals surface area contributed by atoms with E-state index in [1.807, 2.05) is 6.92 Å².